The Morgan fingerprint density at radius 3 is 0.955 bits per heavy atom. The fourth-order valence-electron chi connectivity index (χ4n) is 7.93. The maximum Gasteiger partial charge on any atom is 0.306 e. The zero-order valence-corrected chi connectivity index (χ0v) is 44.2. The van der Waals surface area contributed by atoms with Crippen molar-refractivity contribution >= 4 is 17.9 Å². The molecule has 0 heterocycles. The number of allylic oxidation sites excluding steroid dienone is 12. The Labute approximate surface area is 414 Å². The van der Waals surface area contributed by atoms with Crippen LogP contribution < -0.4 is 0 Å². The minimum absolute atomic E-state index is 0.0767. The van der Waals surface area contributed by atoms with E-state index in [0.29, 0.717) is 19.3 Å². The molecular weight excluding hydrogens is 829 g/mol. The molecule has 0 aromatic heterocycles. The van der Waals surface area contributed by atoms with E-state index in [1.54, 1.807) is 0 Å². The summed E-state index contributed by atoms with van der Waals surface area (Å²) in [5.41, 5.74) is 0. The fraction of sp³-hybridized carbons (Fsp3) is 0.754. The van der Waals surface area contributed by atoms with E-state index in [-0.39, 0.29) is 31.1 Å². The summed E-state index contributed by atoms with van der Waals surface area (Å²) in [7, 11) is 0. The van der Waals surface area contributed by atoms with Crippen LogP contribution in [0.1, 0.15) is 278 Å². The van der Waals surface area contributed by atoms with Crippen molar-refractivity contribution in [3.05, 3.63) is 72.9 Å². The van der Waals surface area contributed by atoms with E-state index in [9.17, 15) is 14.4 Å². The third-order valence-electron chi connectivity index (χ3n) is 12.2. The van der Waals surface area contributed by atoms with Crippen LogP contribution in [0.2, 0.25) is 0 Å². The van der Waals surface area contributed by atoms with Crippen molar-refractivity contribution in [2.24, 2.45) is 0 Å². The zero-order chi connectivity index (χ0) is 48.6. The first-order valence-corrected chi connectivity index (χ1v) is 28.4. The molecule has 1 unspecified atom stereocenters. The van der Waals surface area contributed by atoms with Crippen LogP contribution in [0, 0.1) is 0 Å². The predicted molar refractivity (Wildman–Crippen MR) is 288 cm³/mol. The molecule has 0 N–H and O–H groups in total. The van der Waals surface area contributed by atoms with Gasteiger partial charge >= 0.3 is 17.9 Å². The molecule has 0 aliphatic heterocycles. The van der Waals surface area contributed by atoms with Crippen LogP contribution in [-0.4, -0.2) is 37.2 Å². The van der Waals surface area contributed by atoms with Crippen molar-refractivity contribution in [1.82, 2.24) is 0 Å². The van der Waals surface area contributed by atoms with E-state index in [1.807, 2.05) is 0 Å². The Morgan fingerprint density at radius 2 is 0.582 bits per heavy atom. The molecule has 0 bridgehead atoms. The van der Waals surface area contributed by atoms with Crippen LogP contribution in [0.3, 0.4) is 0 Å². The first kappa shape index (κ1) is 63.8. The summed E-state index contributed by atoms with van der Waals surface area (Å²) in [4.78, 5) is 38.0. The van der Waals surface area contributed by atoms with E-state index in [1.165, 1.54) is 135 Å². The molecule has 0 amide bonds. The summed E-state index contributed by atoms with van der Waals surface area (Å²) < 4.78 is 16.8. The van der Waals surface area contributed by atoms with Gasteiger partial charge < -0.3 is 14.2 Å². The topological polar surface area (TPSA) is 78.9 Å². The highest BCUT2D eigenvalue weighted by Crippen LogP contribution is 2.15. The monoisotopic (exact) mass is 935 g/mol. The highest BCUT2D eigenvalue weighted by molar-refractivity contribution is 5.71. The molecule has 0 aromatic carbocycles. The van der Waals surface area contributed by atoms with Gasteiger partial charge in [0.25, 0.3) is 0 Å². The Balaban J connectivity index is 4.19. The molecule has 6 heteroatoms. The second-order valence-corrected chi connectivity index (χ2v) is 18.8. The van der Waals surface area contributed by atoms with E-state index < -0.39 is 6.10 Å². The highest BCUT2D eigenvalue weighted by Gasteiger charge is 2.19. The molecular formula is C61H106O6. The average Bonchev–Trinajstić information content (AvgIpc) is 3.33. The van der Waals surface area contributed by atoms with Gasteiger partial charge in [-0.05, 0) is 89.9 Å². The SMILES string of the molecule is CC/C=C\C/C=C\C/C=C\C/C=C\C/C=C\CCCCCCCCCCCCCC(=O)OCC(COC(=O)CCCCCCCCCCCC)OC(=O)CCCCCCC/C=C\CCCCC. The van der Waals surface area contributed by atoms with Gasteiger partial charge in [0, 0.05) is 19.3 Å². The Morgan fingerprint density at radius 1 is 0.313 bits per heavy atom. The summed E-state index contributed by atoms with van der Waals surface area (Å²) in [6, 6.07) is 0. The van der Waals surface area contributed by atoms with Crippen LogP contribution >= 0.6 is 0 Å². The third-order valence-corrected chi connectivity index (χ3v) is 12.2. The standard InChI is InChI=1S/C61H106O6/c1-4-7-10-13-16-19-22-24-25-26-27-28-29-30-31-32-33-34-35-36-37-38-40-42-45-48-51-54-60(63)66-57-58(56-65-59(62)53-50-47-44-41-21-18-15-12-9-6-3)67-61(64)55-52-49-46-43-39-23-20-17-14-11-8-5-2/h7,10,16-17,19-20,24-25,27-28,30-31,58H,4-6,8-9,11-15,18,21-23,26,29,32-57H2,1-3H3/b10-7-,19-16-,20-17-,25-24-,28-27-,31-30-. The lowest BCUT2D eigenvalue weighted by Gasteiger charge is -2.18. The second kappa shape index (κ2) is 55.4. The van der Waals surface area contributed by atoms with Crippen LogP contribution in [0.15, 0.2) is 72.9 Å². The van der Waals surface area contributed by atoms with Gasteiger partial charge in [0.15, 0.2) is 6.10 Å². The van der Waals surface area contributed by atoms with Crippen LogP contribution in [0.4, 0.5) is 0 Å². The molecule has 0 aliphatic rings. The Kier molecular flexibility index (Phi) is 52.8. The van der Waals surface area contributed by atoms with Gasteiger partial charge in [-0.25, -0.2) is 0 Å². The minimum Gasteiger partial charge on any atom is -0.462 e. The molecule has 386 valence electrons. The van der Waals surface area contributed by atoms with E-state index in [4.69, 9.17) is 14.2 Å². The van der Waals surface area contributed by atoms with Crippen molar-refractivity contribution in [2.45, 2.75) is 284 Å². The number of rotatable bonds is 51. The third kappa shape index (κ3) is 53.7. The molecule has 0 saturated heterocycles. The molecule has 6 nitrogen and oxygen atoms in total. The van der Waals surface area contributed by atoms with Crippen LogP contribution in [0.25, 0.3) is 0 Å². The van der Waals surface area contributed by atoms with Crippen molar-refractivity contribution in [1.29, 1.82) is 0 Å². The van der Waals surface area contributed by atoms with Gasteiger partial charge in [-0.2, -0.15) is 0 Å². The fourth-order valence-corrected chi connectivity index (χ4v) is 7.93. The lowest BCUT2D eigenvalue weighted by Crippen LogP contribution is -2.30. The average molecular weight is 936 g/mol. The number of hydrogen-bond acceptors (Lipinski definition) is 6. The van der Waals surface area contributed by atoms with Gasteiger partial charge in [0.2, 0.25) is 0 Å². The summed E-state index contributed by atoms with van der Waals surface area (Å²) in [6.07, 6.45) is 70.4. The number of carbonyl (C=O) groups is 3. The van der Waals surface area contributed by atoms with Crippen LogP contribution in [0.5, 0.6) is 0 Å². The lowest BCUT2D eigenvalue weighted by molar-refractivity contribution is -0.167. The van der Waals surface area contributed by atoms with Crippen molar-refractivity contribution in [3.63, 3.8) is 0 Å². The normalized spacial score (nSPS) is 12.6. The molecule has 0 spiro atoms. The minimum atomic E-state index is -0.777. The summed E-state index contributed by atoms with van der Waals surface area (Å²) in [5.74, 6) is -0.885. The number of esters is 3. The molecule has 0 fully saturated rings. The van der Waals surface area contributed by atoms with Crippen molar-refractivity contribution in [2.75, 3.05) is 13.2 Å². The summed E-state index contributed by atoms with van der Waals surface area (Å²) in [5, 5.41) is 0. The summed E-state index contributed by atoms with van der Waals surface area (Å²) >= 11 is 0. The molecule has 0 rings (SSSR count). The number of carbonyl (C=O) groups excluding carboxylic acids is 3. The van der Waals surface area contributed by atoms with Gasteiger partial charge in [-0.1, -0.05) is 241 Å². The Hall–Kier alpha value is -3.15. The Bertz CT molecular complexity index is 1260. The number of ether oxygens (including phenoxy) is 3. The predicted octanol–water partition coefficient (Wildman–Crippen LogP) is 19.0. The highest BCUT2D eigenvalue weighted by atomic mass is 16.6. The van der Waals surface area contributed by atoms with Gasteiger partial charge in [0.05, 0.1) is 0 Å². The van der Waals surface area contributed by atoms with E-state index in [0.717, 1.165) is 103 Å². The van der Waals surface area contributed by atoms with Gasteiger partial charge in [-0.3, -0.25) is 14.4 Å². The summed E-state index contributed by atoms with van der Waals surface area (Å²) in [6.45, 7) is 6.49. The van der Waals surface area contributed by atoms with E-state index in [2.05, 4.69) is 93.7 Å². The van der Waals surface area contributed by atoms with Crippen molar-refractivity contribution < 1.29 is 28.6 Å². The van der Waals surface area contributed by atoms with Gasteiger partial charge in [0.1, 0.15) is 13.2 Å². The smallest absolute Gasteiger partial charge is 0.306 e. The number of hydrogen-bond donors (Lipinski definition) is 0. The number of unbranched alkanes of at least 4 members (excludes halogenated alkanes) is 28. The maximum atomic E-state index is 12.8. The molecule has 1 atom stereocenters. The zero-order valence-electron chi connectivity index (χ0n) is 44.2. The molecule has 0 radical (unpaired) electrons. The largest absolute Gasteiger partial charge is 0.462 e. The van der Waals surface area contributed by atoms with Gasteiger partial charge in [-0.15, -0.1) is 0 Å². The second-order valence-electron chi connectivity index (χ2n) is 18.8. The molecule has 0 saturated carbocycles. The molecule has 67 heavy (non-hydrogen) atoms. The van der Waals surface area contributed by atoms with Crippen LogP contribution in [-0.2, 0) is 28.6 Å². The van der Waals surface area contributed by atoms with Crippen molar-refractivity contribution in [3.8, 4) is 0 Å². The quantitative estimate of drug-likeness (QED) is 0.0262. The maximum absolute atomic E-state index is 12.8. The molecule has 0 aromatic rings. The van der Waals surface area contributed by atoms with E-state index >= 15 is 0 Å². The first-order chi connectivity index (χ1) is 33.0. The lowest BCUT2D eigenvalue weighted by atomic mass is 10.0. The first-order valence-electron chi connectivity index (χ1n) is 28.4. The molecule has 0 aliphatic carbocycles.